The van der Waals surface area contributed by atoms with Crippen molar-refractivity contribution in [2.24, 2.45) is 0 Å². The normalized spacial score (nSPS) is 10.9. The van der Waals surface area contributed by atoms with Crippen LogP contribution in [-0.2, 0) is 24.3 Å². The molecule has 160 valence electrons. The second kappa shape index (κ2) is 10.1. The first-order chi connectivity index (χ1) is 15.2. The molecule has 1 N–H and O–H groups in total. The molecule has 31 heavy (non-hydrogen) atoms. The zero-order valence-electron chi connectivity index (χ0n) is 17.3. The van der Waals surface area contributed by atoms with Crippen LogP contribution < -0.4 is 10.2 Å². The molecule has 1 amide bonds. The summed E-state index contributed by atoms with van der Waals surface area (Å²) in [6, 6.07) is 15.8. The number of aromatic nitrogens is 2. The molecule has 0 atom stereocenters. The number of nitrogens with zero attached hydrogens (tertiary/aromatic N) is 3. The van der Waals surface area contributed by atoms with Crippen LogP contribution in [-0.4, -0.2) is 21.8 Å². The van der Waals surface area contributed by atoms with E-state index < -0.39 is 0 Å². The first-order valence-corrected chi connectivity index (χ1v) is 10.9. The van der Waals surface area contributed by atoms with Crippen LogP contribution in [0.1, 0.15) is 34.9 Å². The number of anilines is 1. The monoisotopic (exact) mass is 436 g/mol. The third kappa shape index (κ3) is 6.05. The van der Waals surface area contributed by atoms with Gasteiger partial charge in [0.15, 0.2) is 0 Å². The molecule has 1 aromatic carbocycles. The van der Waals surface area contributed by atoms with E-state index in [0.29, 0.717) is 32.5 Å². The standard InChI is InChI=1S/C23H24N4O3S/c1-17-6-8-18(9-7-17)14-21-25-23(31-26-21)27(16-20-5-3-13-30-20)11-10-22(28)24-15-19-4-2-12-29-19/h2-9,12-13H,10-11,14-16H2,1H3,(H,24,28). The molecule has 0 saturated carbocycles. The van der Waals surface area contributed by atoms with Gasteiger partial charge in [0, 0.05) is 30.9 Å². The van der Waals surface area contributed by atoms with Gasteiger partial charge in [0.2, 0.25) is 11.0 Å². The van der Waals surface area contributed by atoms with E-state index in [4.69, 9.17) is 13.8 Å². The zero-order chi connectivity index (χ0) is 21.5. The molecule has 3 aromatic heterocycles. The summed E-state index contributed by atoms with van der Waals surface area (Å²) < 4.78 is 15.3. The Kier molecular flexibility index (Phi) is 6.78. The van der Waals surface area contributed by atoms with E-state index in [1.54, 1.807) is 18.6 Å². The van der Waals surface area contributed by atoms with Crippen LogP contribution in [0, 0.1) is 6.92 Å². The Morgan fingerprint density at radius 3 is 2.52 bits per heavy atom. The molecule has 0 saturated heterocycles. The third-order valence-corrected chi connectivity index (χ3v) is 5.60. The molecule has 4 aromatic rings. The number of carbonyl (C=O) groups is 1. The van der Waals surface area contributed by atoms with Crippen LogP contribution in [0.5, 0.6) is 0 Å². The predicted octanol–water partition coefficient (Wildman–Crippen LogP) is 4.34. The van der Waals surface area contributed by atoms with Gasteiger partial charge in [-0.25, -0.2) is 4.98 Å². The van der Waals surface area contributed by atoms with Crippen LogP contribution in [0.15, 0.2) is 69.9 Å². The molecule has 0 spiro atoms. The van der Waals surface area contributed by atoms with Gasteiger partial charge in [-0.15, -0.1) is 0 Å². The minimum Gasteiger partial charge on any atom is -0.467 e. The molecule has 7 nitrogen and oxygen atoms in total. The summed E-state index contributed by atoms with van der Waals surface area (Å²) in [5, 5.41) is 3.65. The van der Waals surface area contributed by atoms with Crippen LogP contribution >= 0.6 is 11.5 Å². The highest BCUT2D eigenvalue weighted by Crippen LogP contribution is 2.22. The summed E-state index contributed by atoms with van der Waals surface area (Å²) in [6.45, 7) is 3.48. The molecule has 8 heteroatoms. The highest BCUT2D eigenvalue weighted by atomic mass is 32.1. The summed E-state index contributed by atoms with van der Waals surface area (Å²) in [5.74, 6) is 2.26. The quantitative estimate of drug-likeness (QED) is 0.398. The SMILES string of the molecule is Cc1ccc(Cc2nsc(N(CCC(=O)NCc3ccco3)Cc3ccco3)n2)cc1. The summed E-state index contributed by atoms with van der Waals surface area (Å²) in [6.07, 6.45) is 4.24. The third-order valence-electron chi connectivity index (χ3n) is 4.79. The number of hydrogen-bond donors (Lipinski definition) is 1. The highest BCUT2D eigenvalue weighted by molar-refractivity contribution is 7.09. The second-order valence-corrected chi connectivity index (χ2v) is 7.99. The molecule has 0 aliphatic carbocycles. The minimum absolute atomic E-state index is 0.0507. The fourth-order valence-electron chi connectivity index (χ4n) is 3.09. The second-order valence-electron chi connectivity index (χ2n) is 7.26. The van der Waals surface area contributed by atoms with Crippen molar-refractivity contribution in [3.63, 3.8) is 0 Å². The van der Waals surface area contributed by atoms with Gasteiger partial charge < -0.3 is 19.1 Å². The van der Waals surface area contributed by atoms with Crippen molar-refractivity contribution in [1.29, 1.82) is 0 Å². The van der Waals surface area contributed by atoms with Crippen LogP contribution in [0.4, 0.5) is 5.13 Å². The summed E-state index contributed by atoms with van der Waals surface area (Å²) >= 11 is 1.34. The smallest absolute Gasteiger partial charge is 0.222 e. The summed E-state index contributed by atoms with van der Waals surface area (Å²) in [7, 11) is 0. The van der Waals surface area contributed by atoms with Gasteiger partial charge in [0.1, 0.15) is 17.3 Å². The van der Waals surface area contributed by atoms with Crippen LogP contribution in [0.25, 0.3) is 0 Å². The average Bonchev–Trinajstić information content (AvgIpc) is 3.54. The van der Waals surface area contributed by atoms with E-state index in [1.807, 2.05) is 23.1 Å². The highest BCUT2D eigenvalue weighted by Gasteiger charge is 2.16. The Bertz CT molecular complexity index is 1070. The van der Waals surface area contributed by atoms with Gasteiger partial charge in [-0.05, 0) is 36.8 Å². The summed E-state index contributed by atoms with van der Waals surface area (Å²) in [4.78, 5) is 19.1. The maximum Gasteiger partial charge on any atom is 0.222 e. The minimum atomic E-state index is -0.0507. The first-order valence-electron chi connectivity index (χ1n) is 10.1. The molecule has 3 heterocycles. The molecule has 4 rings (SSSR count). The van der Waals surface area contributed by atoms with Crippen molar-refractivity contribution >= 4 is 22.6 Å². The molecule has 0 aliphatic rings. The Balaban J connectivity index is 1.39. The zero-order valence-corrected chi connectivity index (χ0v) is 18.1. The number of furan rings is 2. The van der Waals surface area contributed by atoms with E-state index in [1.165, 1.54) is 22.7 Å². The summed E-state index contributed by atoms with van der Waals surface area (Å²) in [5.41, 5.74) is 2.40. The maximum absolute atomic E-state index is 12.3. The number of hydrogen-bond acceptors (Lipinski definition) is 7. The van der Waals surface area contributed by atoms with Crippen molar-refractivity contribution in [1.82, 2.24) is 14.7 Å². The van der Waals surface area contributed by atoms with Crippen LogP contribution in [0.2, 0.25) is 0 Å². The predicted molar refractivity (Wildman–Crippen MR) is 119 cm³/mol. The van der Waals surface area contributed by atoms with Gasteiger partial charge in [0.25, 0.3) is 0 Å². The van der Waals surface area contributed by atoms with Crippen LogP contribution in [0.3, 0.4) is 0 Å². The molecule has 0 bridgehead atoms. The van der Waals surface area contributed by atoms with Gasteiger partial charge in [0.05, 0.1) is 25.6 Å². The fraction of sp³-hybridized carbons (Fsp3) is 0.261. The lowest BCUT2D eigenvalue weighted by atomic mass is 10.1. The molecule has 0 unspecified atom stereocenters. The van der Waals surface area contributed by atoms with Crippen molar-refractivity contribution in [3.8, 4) is 0 Å². The van der Waals surface area contributed by atoms with Crippen molar-refractivity contribution in [3.05, 3.63) is 89.5 Å². The Labute approximate surface area is 184 Å². The Morgan fingerprint density at radius 2 is 1.81 bits per heavy atom. The van der Waals surface area contributed by atoms with E-state index in [2.05, 4.69) is 40.9 Å². The number of amides is 1. The molecular formula is C23H24N4O3S. The topological polar surface area (TPSA) is 84.4 Å². The van der Waals surface area contributed by atoms with Gasteiger partial charge in [-0.2, -0.15) is 4.37 Å². The van der Waals surface area contributed by atoms with Gasteiger partial charge in [-0.1, -0.05) is 29.8 Å². The van der Waals surface area contributed by atoms with Crippen molar-refractivity contribution in [2.75, 3.05) is 11.4 Å². The average molecular weight is 437 g/mol. The number of nitrogens with one attached hydrogen (secondary N) is 1. The Hall–Kier alpha value is -3.39. The molecule has 0 fully saturated rings. The van der Waals surface area contributed by atoms with E-state index in [0.717, 1.165) is 22.5 Å². The number of carbonyl (C=O) groups excluding carboxylic acids is 1. The van der Waals surface area contributed by atoms with E-state index in [-0.39, 0.29) is 5.91 Å². The fourth-order valence-corrected chi connectivity index (χ4v) is 3.80. The lowest BCUT2D eigenvalue weighted by Crippen LogP contribution is -2.30. The van der Waals surface area contributed by atoms with Crippen molar-refractivity contribution in [2.45, 2.75) is 32.9 Å². The number of aryl methyl sites for hydroxylation is 1. The molecule has 0 radical (unpaired) electrons. The van der Waals surface area contributed by atoms with Gasteiger partial charge in [-0.3, -0.25) is 4.79 Å². The van der Waals surface area contributed by atoms with E-state index in [9.17, 15) is 4.79 Å². The lowest BCUT2D eigenvalue weighted by Gasteiger charge is -2.19. The lowest BCUT2D eigenvalue weighted by molar-refractivity contribution is -0.121. The number of benzene rings is 1. The van der Waals surface area contributed by atoms with Gasteiger partial charge >= 0.3 is 0 Å². The van der Waals surface area contributed by atoms with E-state index >= 15 is 0 Å². The molecular weight excluding hydrogens is 412 g/mol. The molecule has 0 aliphatic heterocycles. The first kappa shape index (κ1) is 20.9. The largest absolute Gasteiger partial charge is 0.467 e. The maximum atomic E-state index is 12.3. The van der Waals surface area contributed by atoms with Crippen molar-refractivity contribution < 1.29 is 13.6 Å². The Morgan fingerprint density at radius 1 is 1.06 bits per heavy atom. The number of rotatable bonds is 10.